The molecule has 0 fully saturated rings. The molecule has 0 spiro atoms. The molecule has 0 aromatic heterocycles. The van der Waals surface area contributed by atoms with Crippen molar-refractivity contribution in [2.45, 2.75) is 13.8 Å². The van der Waals surface area contributed by atoms with E-state index in [1.165, 1.54) is 20.3 Å². The molecule has 0 bridgehead atoms. The Morgan fingerprint density at radius 3 is 2.55 bits per heavy atom. The van der Waals surface area contributed by atoms with Crippen LogP contribution in [0.5, 0.6) is 11.5 Å². The Morgan fingerprint density at radius 2 is 1.93 bits per heavy atom. The van der Waals surface area contributed by atoms with Crippen molar-refractivity contribution in [3.63, 3.8) is 0 Å². The van der Waals surface area contributed by atoms with Crippen molar-refractivity contribution in [1.29, 1.82) is 5.41 Å². The molecule has 0 atom stereocenters. The number of fused-ring (bicyclic) bond motifs is 1. The van der Waals surface area contributed by atoms with Gasteiger partial charge in [-0.25, -0.2) is 8.42 Å². The van der Waals surface area contributed by atoms with E-state index < -0.39 is 15.7 Å². The molecule has 11 heteroatoms. The van der Waals surface area contributed by atoms with Crippen molar-refractivity contribution in [2.75, 3.05) is 20.0 Å². The fourth-order valence-electron chi connectivity index (χ4n) is 2.72. The number of aliphatic imine (C=N–C) groups is 1. The standard InChI is InChI=1S/C18H20N4O5S2/c1-10(2)9-29(24,25)18-21-22-15(19)12(16(23)20-17(22)28-18)7-11-5-6-13(26-3)14(8-11)27-4/h5-8,10,19H,9H2,1-4H3/b12-7+,19-15?. The number of amidine groups is 2. The minimum atomic E-state index is -3.62. The monoisotopic (exact) mass is 436 g/mol. The Kier molecular flexibility index (Phi) is 5.80. The summed E-state index contributed by atoms with van der Waals surface area (Å²) in [5.74, 6) is -0.0313. The molecule has 1 aromatic rings. The highest BCUT2D eigenvalue weighted by Crippen LogP contribution is 2.32. The third kappa shape index (κ3) is 4.20. The normalized spacial score (nSPS) is 18.1. The van der Waals surface area contributed by atoms with Crippen LogP contribution in [0, 0.1) is 11.3 Å². The van der Waals surface area contributed by atoms with E-state index in [0.717, 1.165) is 16.8 Å². The molecule has 2 aliphatic rings. The number of benzene rings is 1. The highest BCUT2D eigenvalue weighted by atomic mass is 32.3. The molecule has 0 saturated heterocycles. The molecular formula is C18H20N4O5S2. The number of ether oxygens (including phenoxy) is 2. The molecule has 1 amide bonds. The summed E-state index contributed by atoms with van der Waals surface area (Å²) in [6.07, 6.45) is 1.48. The zero-order chi connectivity index (χ0) is 21.3. The minimum absolute atomic E-state index is 0.00664. The maximum absolute atomic E-state index is 12.5. The van der Waals surface area contributed by atoms with Gasteiger partial charge in [0, 0.05) is 0 Å². The number of hydrazone groups is 1. The zero-order valence-corrected chi connectivity index (χ0v) is 17.9. The first-order valence-electron chi connectivity index (χ1n) is 8.61. The van der Waals surface area contributed by atoms with E-state index in [-0.39, 0.29) is 32.6 Å². The summed E-state index contributed by atoms with van der Waals surface area (Å²) in [5, 5.41) is 13.5. The van der Waals surface area contributed by atoms with Crippen LogP contribution in [-0.2, 0) is 14.6 Å². The second kappa shape index (κ2) is 7.99. The summed E-state index contributed by atoms with van der Waals surface area (Å²) in [5.41, 5.74) is 0.589. The van der Waals surface area contributed by atoms with Crippen LogP contribution in [-0.4, -0.2) is 54.7 Å². The van der Waals surface area contributed by atoms with Gasteiger partial charge in [-0.2, -0.15) is 10.0 Å². The van der Waals surface area contributed by atoms with E-state index in [9.17, 15) is 13.2 Å². The average Bonchev–Trinajstić information content (AvgIpc) is 3.09. The number of methoxy groups -OCH3 is 2. The Labute approximate surface area is 172 Å². The molecule has 3 rings (SSSR count). The minimum Gasteiger partial charge on any atom is -0.493 e. The molecule has 0 unspecified atom stereocenters. The number of hydrogen-bond donors (Lipinski definition) is 1. The molecule has 9 nitrogen and oxygen atoms in total. The third-order valence-electron chi connectivity index (χ3n) is 3.97. The number of thioether (sulfide) groups is 1. The third-order valence-corrected chi connectivity index (χ3v) is 7.41. The number of carbonyl (C=O) groups is 1. The molecule has 2 heterocycles. The van der Waals surface area contributed by atoms with Gasteiger partial charge in [-0.15, -0.1) is 5.10 Å². The lowest BCUT2D eigenvalue weighted by atomic mass is 10.1. The van der Waals surface area contributed by atoms with Crippen LogP contribution in [0.1, 0.15) is 19.4 Å². The van der Waals surface area contributed by atoms with Crippen LogP contribution < -0.4 is 9.47 Å². The molecule has 0 aliphatic carbocycles. The predicted octanol–water partition coefficient (Wildman–Crippen LogP) is 2.35. The summed E-state index contributed by atoms with van der Waals surface area (Å²) in [6, 6.07) is 5.04. The number of sulfone groups is 1. The second-order valence-corrected chi connectivity index (χ2v) is 9.84. The van der Waals surface area contributed by atoms with Gasteiger partial charge in [-0.05, 0) is 41.5 Å². The van der Waals surface area contributed by atoms with Gasteiger partial charge in [0.2, 0.25) is 19.4 Å². The van der Waals surface area contributed by atoms with E-state index in [2.05, 4.69) is 10.1 Å². The van der Waals surface area contributed by atoms with Gasteiger partial charge >= 0.3 is 0 Å². The highest BCUT2D eigenvalue weighted by Gasteiger charge is 2.39. The van der Waals surface area contributed by atoms with Crippen molar-refractivity contribution in [2.24, 2.45) is 16.0 Å². The van der Waals surface area contributed by atoms with Crippen LogP contribution >= 0.6 is 11.8 Å². The summed E-state index contributed by atoms with van der Waals surface area (Å²) < 4.78 is 35.2. The van der Waals surface area contributed by atoms with Crippen molar-refractivity contribution in [1.82, 2.24) is 5.01 Å². The van der Waals surface area contributed by atoms with Gasteiger partial charge in [0.05, 0.1) is 25.5 Å². The number of nitrogens with zero attached hydrogens (tertiary/aromatic N) is 3. The molecule has 0 radical (unpaired) electrons. The molecule has 29 heavy (non-hydrogen) atoms. The largest absolute Gasteiger partial charge is 0.493 e. The quantitative estimate of drug-likeness (QED) is 0.703. The highest BCUT2D eigenvalue weighted by molar-refractivity contribution is 8.42. The van der Waals surface area contributed by atoms with E-state index in [1.54, 1.807) is 32.0 Å². The molecule has 154 valence electrons. The fraction of sp³-hybridized carbons (Fsp3) is 0.333. The van der Waals surface area contributed by atoms with E-state index in [1.807, 2.05) is 0 Å². The Hall–Kier alpha value is -2.66. The van der Waals surface area contributed by atoms with E-state index >= 15 is 0 Å². The van der Waals surface area contributed by atoms with Crippen molar-refractivity contribution < 1.29 is 22.7 Å². The Morgan fingerprint density at radius 1 is 1.24 bits per heavy atom. The number of carbonyl (C=O) groups excluding carboxylic acids is 1. The number of hydrogen-bond acceptors (Lipinski definition) is 8. The van der Waals surface area contributed by atoms with Crippen LogP contribution in [0.15, 0.2) is 33.9 Å². The molecule has 2 aliphatic heterocycles. The van der Waals surface area contributed by atoms with Crippen LogP contribution in [0.25, 0.3) is 6.08 Å². The lowest BCUT2D eigenvalue weighted by molar-refractivity contribution is -0.114. The predicted molar refractivity (Wildman–Crippen MR) is 113 cm³/mol. The molecule has 0 saturated carbocycles. The molecular weight excluding hydrogens is 416 g/mol. The van der Waals surface area contributed by atoms with Gasteiger partial charge in [-0.1, -0.05) is 19.9 Å². The number of rotatable bonds is 5. The molecule has 1 N–H and O–H groups in total. The first kappa shape index (κ1) is 21.1. The van der Waals surface area contributed by atoms with Gasteiger partial charge in [0.25, 0.3) is 5.91 Å². The van der Waals surface area contributed by atoms with Crippen LogP contribution in [0.4, 0.5) is 0 Å². The first-order valence-corrected chi connectivity index (χ1v) is 11.1. The summed E-state index contributed by atoms with van der Waals surface area (Å²) >= 11 is 0.783. The van der Waals surface area contributed by atoms with Gasteiger partial charge in [0.15, 0.2) is 17.3 Å². The lowest BCUT2D eigenvalue weighted by Gasteiger charge is -2.20. The Bertz CT molecular complexity index is 1070. The van der Waals surface area contributed by atoms with Gasteiger partial charge < -0.3 is 9.47 Å². The number of amides is 1. The van der Waals surface area contributed by atoms with E-state index in [0.29, 0.717) is 17.1 Å². The maximum atomic E-state index is 12.5. The maximum Gasteiger partial charge on any atom is 0.283 e. The Balaban J connectivity index is 1.95. The van der Waals surface area contributed by atoms with Gasteiger partial charge in [0.1, 0.15) is 0 Å². The molecule has 1 aromatic carbocycles. The number of nitrogens with one attached hydrogen (secondary N) is 1. The topological polar surface area (TPSA) is 121 Å². The SMILES string of the molecule is COc1ccc(/C=C2\C(=N)N3N=C(S(=O)(=O)CC(C)C)SC3=NC2=O)cc1OC. The van der Waals surface area contributed by atoms with Crippen LogP contribution in [0.3, 0.4) is 0 Å². The fourth-order valence-corrected chi connectivity index (χ4v) is 5.51. The smallest absolute Gasteiger partial charge is 0.283 e. The first-order chi connectivity index (χ1) is 13.7. The zero-order valence-electron chi connectivity index (χ0n) is 16.3. The summed E-state index contributed by atoms with van der Waals surface area (Å²) in [7, 11) is -0.610. The summed E-state index contributed by atoms with van der Waals surface area (Å²) in [6.45, 7) is 3.58. The lowest BCUT2D eigenvalue weighted by Crippen LogP contribution is -2.35. The van der Waals surface area contributed by atoms with Crippen molar-refractivity contribution in [3.05, 3.63) is 29.3 Å². The van der Waals surface area contributed by atoms with Gasteiger partial charge in [-0.3, -0.25) is 10.2 Å². The second-order valence-electron chi connectivity index (χ2n) is 6.68. The van der Waals surface area contributed by atoms with Crippen molar-refractivity contribution in [3.8, 4) is 11.5 Å². The average molecular weight is 437 g/mol. The van der Waals surface area contributed by atoms with Crippen LogP contribution in [0.2, 0.25) is 0 Å². The van der Waals surface area contributed by atoms with Crippen molar-refractivity contribution >= 4 is 49.0 Å². The summed E-state index contributed by atoms with van der Waals surface area (Å²) in [4.78, 5) is 16.4. The van der Waals surface area contributed by atoms with E-state index in [4.69, 9.17) is 14.9 Å².